The quantitative estimate of drug-likeness (QED) is 0.712. The van der Waals surface area contributed by atoms with Crippen molar-refractivity contribution < 1.29 is 14.3 Å². The maximum atomic E-state index is 12.4. The highest BCUT2D eigenvalue weighted by Gasteiger charge is 2.16. The van der Waals surface area contributed by atoms with Crippen molar-refractivity contribution in [2.24, 2.45) is 0 Å². The van der Waals surface area contributed by atoms with Gasteiger partial charge in [0, 0.05) is 10.7 Å². The topological polar surface area (TPSA) is 86.1 Å². The fraction of sp³-hybridized carbons (Fsp3) is 0.111. The van der Waals surface area contributed by atoms with Gasteiger partial charge in [0.25, 0.3) is 5.91 Å². The van der Waals surface area contributed by atoms with E-state index in [9.17, 15) is 9.59 Å². The summed E-state index contributed by atoms with van der Waals surface area (Å²) in [6, 6.07) is 13.5. The number of aromatic nitrogens is 3. The van der Waals surface area contributed by atoms with Crippen LogP contribution < -0.4 is 5.32 Å². The molecule has 1 N–H and O–H groups in total. The SMILES string of the molecule is COC(=O)c1cccc(NC(=O)c2nc(C)n(-c3ccc(Cl)cc3)n2)c1. The van der Waals surface area contributed by atoms with Crippen molar-refractivity contribution in [3.05, 3.63) is 70.8 Å². The zero-order valence-corrected chi connectivity index (χ0v) is 14.8. The van der Waals surface area contributed by atoms with Crippen LogP contribution in [0.4, 0.5) is 5.69 Å². The molecule has 0 atom stereocenters. The minimum absolute atomic E-state index is 0.0147. The Morgan fingerprint density at radius 3 is 2.58 bits per heavy atom. The number of nitrogens with zero attached hydrogens (tertiary/aromatic N) is 3. The van der Waals surface area contributed by atoms with Gasteiger partial charge in [-0.15, -0.1) is 5.10 Å². The molecule has 1 heterocycles. The summed E-state index contributed by atoms with van der Waals surface area (Å²) in [5.74, 6) is -0.397. The van der Waals surface area contributed by atoms with Crippen molar-refractivity contribution in [2.45, 2.75) is 6.92 Å². The lowest BCUT2D eigenvalue weighted by Crippen LogP contribution is -2.15. The maximum absolute atomic E-state index is 12.4. The molecule has 0 saturated carbocycles. The van der Waals surface area contributed by atoms with Crippen LogP contribution >= 0.6 is 11.6 Å². The lowest BCUT2D eigenvalue weighted by atomic mass is 10.2. The van der Waals surface area contributed by atoms with E-state index in [1.165, 1.54) is 13.2 Å². The molecule has 7 nitrogen and oxygen atoms in total. The molecule has 2 aromatic carbocycles. The summed E-state index contributed by atoms with van der Waals surface area (Å²) >= 11 is 5.89. The first-order valence-corrected chi connectivity index (χ1v) is 8.05. The Morgan fingerprint density at radius 2 is 1.88 bits per heavy atom. The second-order valence-electron chi connectivity index (χ2n) is 5.40. The molecule has 3 aromatic rings. The Balaban J connectivity index is 1.82. The Bertz CT molecular complexity index is 967. The van der Waals surface area contributed by atoms with E-state index in [0.29, 0.717) is 22.1 Å². The van der Waals surface area contributed by atoms with E-state index < -0.39 is 11.9 Å². The number of carbonyl (C=O) groups excluding carboxylic acids is 2. The number of hydrogen-bond acceptors (Lipinski definition) is 5. The Kier molecular flexibility index (Phi) is 4.99. The molecule has 0 bridgehead atoms. The molecule has 26 heavy (non-hydrogen) atoms. The monoisotopic (exact) mass is 370 g/mol. The van der Waals surface area contributed by atoms with Gasteiger partial charge >= 0.3 is 5.97 Å². The van der Waals surface area contributed by atoms with Crippen LogP contribution in [0.3, 0.4) is 0 Å². The molecule has 0 fully saturated rings. The van der Waals surface area contributed by atoms with Crippen LogP contribution in [0.5, 0.6) is 0 Å². The van der Waals surface area contributed by atoms with Crippen LogP contribution in [0.1, 0.15) is 26.8 Å². The number of hydrogen-bond donors (Lipinski definition) is 1. The molecule has 0 saturated heterocycles. The van der Waals surface area contributed by atoms with Crippen LogP contribution in [0.25, 0.3) is 5.69 Å². The number of benzene rings is 2. The summed E-state index contributed by atoms with van der Waals surface area (Å²) in [5, 5.41) is 7.52. The van der Waals surface area contributed by atoms with Crippen LogP contribution in [0.2, 0.25) is 5.02 Å². The number of nitrogens with one attached hydrogen (secondary N) is 1. The number of carbonyl (C=O) groups is 2. The number of esters is 1. The molecular formula is C18H15ClN4O3. The molecule has 0 spiro atoms. The molecular weight excluding hydrogens is 356 g/mol. The Hall–Kier alpha value is -3.19. The lowest BCUT2D eigenvalue weighted by molar-refractivity contribution is 0.0600. The summed E-state index contributed by atoms with van der Waals surface area (Å²) in [6.07, 6.45) is 0. The van der Waals surface area contributed by atoms with Gasteiger partial charge in [-0.25, -0.2) is 14.5 Å². The van der Waals surface area contributed by atoms with Gasteiger partial charge in [-0.1, -0.05) is 17.7 Å². The van der Waals surface area contributed by atoms with Crippen LogP contribution in [0.15, 0.2) is 48.5 Å². The standard InChI is InChI=1S/C18H15ClN4O3/c1-11-20-16(22-23(11)15-8-6-13(19)7-9-15)17(24)21-14-5-3-4-12(10-14)18(25)26-2/h3-10H,1-2H3,(H,21,24). The first kappa shape index (κ1) is 17.6. The second-order valence-corrected chi connectivity index (χ2v) is 5.83. The average Bonchev–Trinajstić information content (AvgIpc) is 3.04. The number of amides is 1. The van der Waals surface area contributed by atoms with Gasteiger partial charge in [-0.05, 0) is 49.4 Å². The predicted molar refractivity (Wildman–Crippen MR) is 96.8 cm³/mol. The molecule has 0 aliphatic heterocycles. The normalized spacial score (nSPS) is 10.4. The predicted octanol–water partition coefficient (Wildman–Crippen LogP) is 3.27. The zero-order chi connectivity index (χ0) is 18.7. The Labute approximate surface area is 154 Å². The van der Waals surface area contributed by atoms with Crippen LogP contribution in [-0.4, -0.2) is 33.8 Å². The highest BCUT2D eigenvalue weighted by Crippen LogP contribution is 2.16. The van der Waals surface area contributed by atoms with Crippen molar-refractivity contribution in [1.29, 1.82) is 0 Å². The van der Waals surface area contributed by atoms with Gasteiger partial charge in [-0.2, -0.15) is 0 Å². The molecule has 0 radical (unpaired) electrons. The smallest absolute Gasteiger partial charge is 0.337 e. The number of ether oxygens (including phenoxy) is 1. The third-order valence-corrected chi connectivity index (χ3v) is 3.84. The van der Waals surface area contributed by atoms with Gasteiger partial charge < -0.3 is 10.1 Å². The number of anilines is 1. The minimum Gasteiger partial charge on any atom is -0.465 e. The van der Waals surface area contributed by atoms with Crippen molar-refractivity contribution in [3.63, 3.8) is 0 Å². The highest BCUT2D eigenvalue weighted by atomic mass is 35.5. The first-order valence-electron chi connectivity index (χ1n) is 7.67. The summed E-state index contributed by atoms with van der Waals surface area (Å²) < 4.78 is 6.22. The molecule has 0 aliphatic rings. The van der Waals surface area contributed by atoms with E-state index >= 15 is 0 Å². The minimum atomic E-state index is -0.484. The number of methoxy groups -OCH3 is 1. The van der Waals surface area contributed by atoms with E-state index in [4.69, 9.17) is 11.6 Å². The van der Waals surface area contributed by atoms with Gasteiger partial charge in [0.05, 0.1) is 18.4 Å². The number of rotatable bonds is 4. The van der Waals surface area contributed by atoms with Gasteiger partial charge in [0.1, 0.15) is 5.82 Å². The molecule has 0 unspecified atom stereocenters. The maximum Gasteiger partial charge on any atom is 0.337 e. The van der Waals surface area contributed by atoms with Crippen molar-refractivity contribution in [1.82, 2.24) is 14.8 Å². The number of halogens is 1. The van der Waals surface area contributed by atoms with Crippen molar-refractivity contribution >= 4 is 29.2 Å². The summed E-state index contributed by atoms with van der Waals surface area (Å²) in [5.41, 5.74) is 1.52. The largest absolute Gasteiger partial charge is 0.465 e. The fourth-order valence-corrected chi connectivity index (χ4v) is 2.47. The average molecular weight is 371 g/mol. The second kappa shape index (κ2) is 7.37. The molecule has 132 valence electrons. The molecule has 1 amide bonds. The summed E-state index contributed by atoms with van der Waals surface area (Å²) in [7, 11) is 1.30. The van der Waals surface area contributed by atoms with Gasteiger partial charge in [0.2, 0.25) is 5.82 Å². The van der Waals surface area contributed by atoms with Gasteiger partial charge in [-0.3, -0.25) is 4.79 Å². The van der Waals surface area contributed by atoms with Crippen molar-refractivity contribution in [3.8, 4) is 5.69 Å². The van der Waals surface area contributed by atoms with E-state index in [1.807, 2.05) is 0 Å². The third-order valence-electron chi connectivity index (χ3n) is 3.58. The highest BCUT2D eigenvalue weighted by molar-refractivity contribution is 6.30. The lowest BCUT2D eigenvalue weighted by Gasteiger charge is -2.05. The van der Waals surface area contributed by atoms with Crippen molar-refractivity contribution in [2.75, 3.05) is 12.4 Å². The van der Waals surface area contributed by atoms with Crippen LogP contribution in [-0.2, 0) is 4.74 Å². The molecule has 3 rings (SSSR count). The van der Waals surface area contributed by atoms with E-state index in [-0.39, 0.29) is 5.82 Å². The van der Waals surface area contributed by atoms with Gasteiger partial charge in [0.15, 0.2) is 0 Å². The van der Waals surface area contributed by atoms with E-state index in [1.54, 1.807) is 54.1 Å². The molecule has 8 heteroatoms. The summed E-state index contributed by atoms with van der Waals surface area (Å²) in [4.78, 5) is 28.2. The first-order chi connectivity index (χ1) is 12.5. The fourth-order valence-electron chi connectivity index (χ4n) is 2.34. The van der Waals surface area contributed by atoms with E-state index in [0.717, 1.165) is 5.69 Å². The molecule has 0 aliphatic carbocycles. The molecule has 1 aromatic heterocycles. The van der Waals surface area contributed by atoms with Crippen LogP contribution in [0, 0.1) is 6.92 Å². The van der Waals surface area contributed by atoms with E-state index in [2.05, 4.69) is 20.1 Å². The number of aryl methyl sites for hydroxylation is 1. The summed E-state index contributed by atoms with van der Waals surface area (Å²) in [6.45, 7) is 1.75. The Morgan fingerprint density at radius 1 is 1.15 bits per heavy atom. The zero-order valence-electron chi connectivity index (χ0n) is 14.1. The third kappa shape index (κ3) is 3.73.